The maximum atomic E-state index is 5.95. The monoisotopic (exact) mass is 282 g/mol. The third-order valence-corrected chi connectivity index (χ3v) is 4.77. The van der Waals surface area contributed by atoms with E-state index in [2.05, 4.69) is 39.5 Å². The molecule has 120 valence electrons. The molecule has 1 aliphatic carbocycles. The Morgan fingerprint density at radius 1 is 1.25 bits per heavy atom. The van der Waals surface area contributed by atoms with E-state index in [1.807, 2.05) is 0 Å². The summed E-state index contributed by atoms with van der Waals surface area (Å²) in [4.78, 5) is 2.75. The van der Waals surface area contributed by atoms with Crippen LogP contribution in [0.1, 0.15) is 73.1 Å². The van der Waals surface area contributed by atoms with Gasteiger partial charge in [0.25, 0.3) is 0 Å². The molecule has 0 aromatic rings. The van der Waals surface area contributed by atoms with Crippen molar-refractivity contribution in [3.63, 3.8) is 0 Å². The van der Waals surface area contributed by atoms with E-state index in [1.165, 1.54) is 45.1 Å². The molecule has 0 aromatic heterocycles. The third-order valence-electron chi connectivity index (χ3n) is 4.77. The Morgan fingerprint density at radius 3 is 2.50 bits per heavy atom. The van der Waals surface area contributed by atoms with Crippen LogP contribution in [0.25, 0.3) is 0 Å². The Bertz CT molecular complexity index is 260. The summed E-state index contributed by atoms with van der Waals surface area (Å²) in [5.74, 6) is 1.80. The maximum absolute atomic E-state index is 5.95. The Kier molecular flexibility index (Phi) is 7.53. The summed E-state index contributed by atoms with van der Waals surface area (Å²) in [6.07, 6.45) is 8.36. The van der Waals surface area contributed by atoms with Crippen LogP contribution in [0.5, 0.6) is 0 Å². The van der Waals surface area contributed by atoms with Gasteiger partial charge < -0.3 is 5.73 Å². The van der Waals surface area contributed by atoms with Crippen LogP contribution in [0.4, 0.5) is 0 Å². The second-order valence-electron chi connectivity index (χ2n) is 8.15. The molecule has 0 bridgehead atoms. The van der Waals surface area contributed by atoms with Crippen molar-refractivity contribution in [1.82, 2.24) is 4.90 Å². The van der Waals surface area contributed by atoms with Gasteiger partial charge in [0.1, 0.15) is 0 Å². The molecule has 20 heavy (non-hydrogen) atoms. The molecule has 0 heterocycles. The van der Waals surface area contributed by atoms with Gasteiger partial charge in [-0.15, -0.1) is 0 Å². The highest BCUT2D eigenvalue weighted by atomic mass is 15.2. The van der Waals surface area contributed by atoms with E-state index in [0.717, 1.165) is 31.0 Å². The van der Waals surface area contributed by atoms with Crippen LogP contribution >= 0.6 is 0 Å². The molecule has 2 nitrogen and oxygen atoms in total. The quantitative estimate of drug-likeness (QED) is 0.719. The number of nitrogens with two attached hydrogens (primary N) is 1. The minimum atomic E-state index is 0.250. The molecule has 0 aromatic carbocycles. The Hall–Kier alpha value is -0.0800. The second kappa shape index (κ2) is 8.38. The van der Waals surface area contributed by atoms with E-state index in [1.54, 1.807) is 0 Å². The van der Waals surface area contributed by atoms with Crippen molar-refractivity contribution in [2.24, 2.45) is 23.0 Å². The minimum Gasteiger partial charge on any atom is -0.330 e. The number of rotatable bonds is 8. The average Bonchev–Trinajstić information content (AvgIpc) is 2.37. The van der Waals surface area contributed by atoms with Gasteiger partial charge in [-0.3, -0.25) is 4.90 Å². The molecule has 0 amide bonds. The zero-order valence-corrected chi connectivity index (χ0v) is 14.6. The zero-order chi connectivity index (χ0) is 15.2. The molecule has 1 saturated carbocycles. The van der Waals surface area contributed by atoms with Gasteiger partial charge in [-0.05, 0) is 56.0 Å². The van der Waals surface area contributed by atoms with Crippen LogP contribution in [0, 0.1) is 17.3 Å². The molecule has 2 heteroatoms. The van der Waals surface area contributed by atoms with Gasteiger partial charge in [0.05, 0.1) is 0 Å². The molecule has 0 saturated heterocycles. The summed E-state index contributed by atoms with van der Waals surface area (Å²) in [5.41, 5.74) is 6.20. The SMILES string of the molecule is CCCN(CC(C)(C)CN)C1CCCC(CC(C)C)C1. The summed E-state index contributed by atoms with van der Waals surface area (Å²) in [6.45, 7) is 14.8. The first kappa shape index (κ1) is 18.0. The van der Waals surface area contributed by atoms with Gasteiger partial charge in [0.15, 0.2) is 0 Å². The Balaban J connectivity index is 2.61. The first-order valence-corrected chi connectivity index (χ1v) is 8.82. The van der Waals surface area contributed by atoms with Crippen molar-refractivity contribution >= 4 is 0 Å². The predicted molar refractivity (Wildman–Crippen MR) is 89.9 cm³/mol. The van der Waals surface area contributed by atoms with E-state index < -0.39 is 0 Å². The lowest BCUT2D eigenvalue weighted by atomic mass is 9.80. The highest BCUT2D eigenvalue weighted by Crippen LogP contribution is 2.33. The van der Waals surface area contributed by atoms with Gasteiger partial charge >= 0.3 is 0 Å². The Labute approximate surface area is 127 Å². The lowest BCUT2D eigenvalue weighted by Crippen LogP contribution is -2.46. The van der Waals surface area contributed by atoms with Crippen LogP contribution in [0.3, 0.4) is 0 Å². The standard InChI is InChI=1S/C18H38N2/c1-6-10-20(14-18(4,5)13-19)17-9-7-8-16(12-17)11-15(2)3/h15-17H,6-14,19H2,1-5H3. The molecule has 2 atom stereocenters. The van der Waals surface area contributed by atoms with E-state index >= 15 is 0 Å². The van der Waals surface area contributed by atoms with E-state index in [-0.39, 0.29) is 5.41 Å². The number of hydrogen-bond acceptors (Lipinski definition) is 2. The molecule has 1 fully saturated rings. The lowest BCUT2D eigenvalue weighted by molar-refractivity contribution is 0.0852. The molecule has 1 rings (SSSR count). The molecule has 1 aliphatic rings. The van der Waals surface area contributed by atoms with Crippen molar-refractivity contribution in [2.75, 3.05) is 19.6 Å². The fourth-order valence-electron chi connectivity index (χ4n) is 3.77. The van der Waals surface area contributed by atoms with Gasteiger partial charge in [-0.1, -0.05) is 47.5 Å². The summed E-state index contributed by atoms with van der Waals surface area (Å²) >= 11 is 0. The smallest absolute Gasteiger partial charge is 0.00981 e. The molecule has 0 radical (unpaired) electrons. The molecule has 0 spiro atoms. The summed E-state index contributed by atoms with van der Waals surface area (Å²) < 4.78 is 0. The topological polar surface area (TPSA) is 29.3 Å². The van der Waals surface area contributed by atoms with E-state index in [9.17, 15) is 0 Å². The number of hydrogen-bond donors (Lipinski definition) is 1. The first-order valence-electron chi connectivity index (χ1n) is 8.82. The van der Waals surface area contributed by atoms with Crippen molar-refractivity contribution < 1.29 is 0 Å². The largest absolute Gasteiger partial charge is 0.330 e. The number of nitrogens with zero attached hydrogens (tertiary/aromatic N) is 1. The molecular weight excluding hydrogens is 244 g/mol. The molecular formula is C18H38N2. The van der Waals surface area contributed by atoms with Crippen LogP contribution in [0.15, 0.2) is 0 Å². The lowest BCUT2D eigenvalue weighted by Gasteiger charge is -2.41. The van der Waals surface area contributed by atoms with Crippen LogP contribution in [0.2, 0.25) is 0 Å². The highest BCUT2D eigenvalue weighted by molar-refractivity contribution is 4.84. The van der Waals surface area contributed by atoms with Gasteiger partial charge in [0, 0.05) is 12.6 Å². The molecule has 0 aliphatic heterocycles. The van der Waals surface area contributed by atoms with Crippen molar-refractivity contribution in [2.45, 2.75) is 79.2 Å². The zero-order valence-electron chi connectivity index (χ0n) is 14.6. The van der Waals surface area contributed by atoms with E-state index in [4.69, 9.17) is 5.73 Å². The van der Waals surface area contributed by atoms with Crippen LogP contribution in [-0.2, 0) is 0 Å². The van der Waals surface area contributed by atoms with Gasteiger partial charge in [0.2, 0.25) is 0 Å². The van der Waals surface area contributed by atoms with Crippen LogP contribution < -0.4 is 5.73 Å². The minimum absolute atomic E-state index is 0.250. The maximum Gasteiger partial charge on any atom is 0.00981 e. The second-order valence-corrected chi connectivity index (χ2v) is 8.15. The first-order chi connectivity index (χ1) is 9.38. The van der Waals surface area contributed by atoms with Gasteiger partial charge in [-0.2, -0.15) is 0 Å². The normalized spacial score (nSPS) is 24.6. The molecule has 2 N–H and O–H groups in total. The summed E-state index contributed by atoms with van der Waals surface area (Å²) in [6, 6.07) is 0.804. The van der Waals surface area contributed by atoms with Gasteiger partial charge in [-0.25, -0.2) is 0 Å². The van der Waals surface area contributed by atoms with Crippen molar-refractivity contribution in [3.05, 3.63) is 0 Å². The predicted octanol–water partition coefficient (Wildman–Crippen LogP) is 4.29. The van der Waals surface area contributed by atoms with E-state index in [0.29, 0.717) is 0 Å². The Morgan fingerprint density at radius 2 is 1.95 bits per heavy atom. The van der Waals surface area contributed by atoms with Crippen molar-refractivity contribution in [3.8, 4) is 0 Å². The van der Waals surface area contributed by atoms with Crippen molar-refractivity contribution in [1.29, 1.82) is 0 Å². The van der Waals surface area contributed by atoms with Crippen LogP contribution in [-0.4, -0.2) is 30.6 Å². The highest BCUT2D eigenvalue weighted by Gasteiger charge is 2.29. The summed E-state index contributed by atoms with van der Waals surface area (Å²) in [7, 11) is 0. The average molecular weight is 283 g/mol. The molecule has 2 unspecified atom stereocenters. The third kappa shape index (κ3) is 6.13. The fourth-order valence-corrected chi connectivity index (χ4v) is 3.77. The summed E-state index contributed by atoms with van der Waals surface area (Å²) in [5, 5.41) is 0. The fraction of sp³-hybridized carbons (Fsp3) is 1.00.